The van der Waals surface area contributed by atoms with Gasteiger partial charge in [-0.05, 0) is 47.0 Å². The zero-order valence-corrected chi connectivity index (χ0v) is 19.0. The second-order valence-electron chi connectivity index (χ2n) is 8.24. The highest BCUT2D eigenvalue weighted by Crippen LogP contribution is 2.36. The number of benzene rings is 4. The van der Waals surface area contributed by atoms with Crippen LogP contribution in [0.15, 0.2) is 119 Å². The fourth-order valence-corrected chi connectivity index (χ4v) is 4.10. The molecule has 1 aliphatic heterocycles. The van der Waals surface area contributed by atoms with E-state index in [4.69, 9.17) is 10.2 Å². The molecule has 5 rings (SSSR count). The Morgan fingerprint density at radius 1 is 0.914 bits per heavy atom. The van der Waals surface area contributed by atoms with Gasteiger partial charge >= 0.3 is 5.97 Å². The molecule has 1 aliphatic rings. The average molecular weight is 461 g/mol. The van der Waals surface area contributed by atoms with Crippen molar-refractivity contribution in [1.82, 2.24) is 0 Å². The van der Waals surface area contributed by atoms with E-state index in [9.17, 15) is 4.79 Å². The van der Waals surface area contributed by atoms with Gasteiger partial charge < -0.3 is 5.11 Å². The summed E-state index contributed by atoms with van der Waals surface area (Å²) < 4.78 is 0. The number of nitrogens with zero attached hydrogens (tertiary/aromatic N) is 3. The van der Waals surface area contributed by atoms with Gasteiger partial charge in [-0.25, -0.2) is 4.79 Å². The molecule has 6 nitrogen and oxygen atoms in total. The molecule has 0 fully saturated rings. The Kier molecular flexibility index (Phi) is 6.35. The second-order valence-corrected chi connectivity index (χ2v) is 8.24. The minimum absolute atomic E-state index is 0.120. The van der Waals surface area contributed by atoms with Crippen molar-refractivity contribution in [3.05, 3.63) is 131 Å². The molecule has 0 aliphatic carbocycles. The number of nitrogens with one attached hydrogen (secondary N) is 1. The van der Waals surface area contributed by atoms with Gasteiger partial charge in [0.25, 0.3) is 0 Å². The zero-order chi connectivity index (χ0) is 24.0. The molecule has 172 valence electrons. The lowest BCUT2D eigenvalue weighted by atomic mass is 9.98. The Morgan fingerprint density at radius 2 is 1.63 bits per heavy atom. The largest absolute Gasteiger partial charge is 0.478 e. The van der Waals surface area contributed by atoms with E-state index in [1.165, 1.54) is 5.56 Å². The first-order valence-corrected chi connectivity index (χ1v) is 11.4. The van der Waals surface area contributed by atoms with Crippen molar-refractivity contribution in [2.75, 3.05) is 10.4 Å². The van der Waals surface area contributed by atoms with Gasteiger partial charge in [0.2, 0.25) is 0 Å². The third-order valence-electron chi connectivity index (χ3n) is 5.88. The first-order valence-electron chi connectivity index (χ1n) is 11.4. The molecule has 2 N–H and O–H groups in total. The number of aromatic carboxylic acids is 1. The summed E-state index contributed by atoms with van der Waals surface area (Å²) in [5.41, 5.74) is 9.06. The third kappa shape index (κ3) is 5.12. The fraction of sp³-hybridized carbons (Fsp3) is 0.0690. The predicted octanol–water partition coefficient (Wildman–Crippen LogP) is 6.19. The van der Waals surface area contributed by atoms with Crippen LogP contribution in [0.4, 0.5) is 11.4 Å². The summed E-state index contributed by atoms with van der Waals surface area (Å²) in [5, 5.41) is 20.5. The molecule has 35 heavy (non-hydrogen) atoms. The lowest BCUT2D eigenvalue weighted by molar-refractivity contribution is 0.0697. The molecule has 0 spiro atoms. The van der Waals surface area contributed by atoms with Crippen molar-refractivity contribution in [3.8, 4) is 0 Å². The van der Waals surface area contributed by atoms with Crippen LogP contribution < -0.4 is 10.4 Å². The first-order chi connectivity index (χ1) is 17.2. The van der Waals surface area contributed by atoms with Crippen LogP contribution in [0.25, 0.3) is 0 Å². The van der Waals surface area contributed by atoms with Crippen molar-refractivity contribution in [2.24, 2.45) is 10.2 Å². The molecule has 1 heterocycles. The Morgan fingerprint density at radius 3 is 2.34 bits per heavy atom. The highest BCUT2D eigenvalue weighted by molar-refractivity contribution is 6.03. The summed E-state index contributed by atoms with van der Waals surface area (Å²) in [6, 6.07) is 35.5. The smallest absolute Gasteiger partial charge is 0.335 e. The normalized spacial score (nSPS) is 15.3. The van der Waals surface area contributed by atoms with E-state index in [-0.39, 0.29) is 11.6 Å². The van der Waals surface area contributed by atoms with Gasteiger partial charge in [-0.2, -0.15) is 10.2 Å². The minimum atomic E-state index is -0.970. The number of hydrazone groups is 2. The maximum Gasteiger partial charge on any atom is 0.335 e. The molecule has 0 bridgehead atoms. The van der Waals surface area contributed by atoms with Crippen LogP contribution >= 0.6 is 0 Å². The topological polar surface area (TPSA) is 77.3 Å². The molecule has 4 aromatic rings. The van der Waals surface area contributed by atoms with Crippen LogP contribution in [0.3, 0.4) is 0 Å². The molecule has 1 unspecified atom stereocenters. The van der Waals surface area contributed by atoms with Gasteiger partial charge in [-0.1, -0.05) is 78.9 Å². The number of carbonyl (C=O) groups is 1. The maximum absolute atomic E-state index is 11.1. The molecule has 4 aromatic carbocycles. The summed E-state index contributed by atoms with van der Waals surface area (Å²) in [5.74, 6) is -0.970. The van der Waals surface area contributed by atoms with Gasteiger partial charge in [0.15, 0.2) is 0 Å². The maximum atomic E-state index is 11.1. The molecule has 1 atom stereocenters. The van der Waals surface area contributed by atoms with E-state index in [2.05, 4.69) is 51.9 Å². The van der Waals surface area contributed by atoms with Crippen LogP contribution in [0.2, 0.25) is 0 Å². The van der Waals surface area contributed by atoms with Crippen molar-refractivity contribution in [3.63, 3.8) is 0 Å². The van der Waals surface area contributed by atoms with Crippen molar-refractivity contribution < 1.29 is 9.90 Å². The highest BCUT2D eigenvalue weighted by atomic mass is 16.4. The number of carboxylic acid groups (broad SMARTS) is 1. The summed E-state index contributed by atoms with van der Waals surface area (Å²) in [6.45, 7) is 0. The van der Waals surface area contributed by atoms with Crippen LogP contribution in [-0.4, -0.2) is 23.0 Å². The van der Waals surface area contributed by atoms with Crippen LogP contribution in [-0.2, 0) is 0 Å². The van der Waals surface area contributed by atoms with Gasteiger partial charge in [-0.3, -0.25) is 10.4 Å². The van der Waals surface area contributed by atoms with Gasteiger partial charge in [0.05, 0.1) is 34.9 Å². The lowest BCUT2D eigenvalue weighted by Crippen LogP contribution is -2.18. The Labute approximate surface area is 203 Å². The molecular weight excluding hydrogens is 436 g/mol. The first kappa shape index (κ1) is 22.1. The summed E-state index contributed by atoms with van der Waals surface area (Å²) in [7, 11) is 0. The Bertz CT molecular complexity index is 1370. The number of carboxylic acids is 1. The Balaban J connectivity index is 1.35. The average Bonchev–Trinajstić information content (AvgIpc) is 3.36. The predicted molar refractivity (Wildman–Crippen MR) is 140 cm³/mol. The summed E-state index contributed by atoms with van der Waals surface area (Å²) in [4.78, 5) is 11.1. The SMILES string of the molecule is O=C(O)c1cccc(NN=Cc2ccc(N3N=C(c4ccccc4)CC3c3ccccc3)cc2)c1. The lowest BCUT2D eigenvalue weighted by Gasteiger charge is -2.24. The molecule has 0 amide bonds. The van der Waals surface area contributed by atoms with Gasteiger partial charge in [0, 0.05) is 6.42 Å². The van der Waals surface area contributed by atoms with Crippen LogP contribution in [0.5, 0.6) is 0 Å². The standard InChI is InChI=1S/C29H24N4O2/c34-29(35)24-12-7-13-25(18-24)31-30-20-21-14-16-26(17-15-21)33-28(23-10-5-2-6-11-23)19-27(32-33)22-8-3-1-4-9-22/h1-18,20,28,31H,19H2,(H,34,35). The van der Waals surface area contributed by atoms with Crippen molar-refractivity contribution in [1.29, 1.82) is 0 Å². The van der Waals surface area contributed by atoms with Crippen LogP contribution in [0.1, 0.15) is 39.5 Å². The Hall–Kier alpha value is -4.71. The monoisotopic (exact) mass is 460 g/mol. The van der Waals surface area contributed by atoms with E-state index in [1.807, 2.05) is 48.5 Å². The molecule has 0 aromatic heterocycles. The fourth-order valence-electron chi connectivity index (χ4n) is 4.10. The quantitative estimate of drug-likeness (QED) is 0.255. The minimum Gasteiger partial charge on any atom is -0.478 e. The number of anilines is 2. The van der Waals surface area contributed by atoms with Crippen molar-refractivity contribution >= 4 is 29.3 Å². The van der Waals surface area contributed by atoms with E-state index in [0.29, 0.717) is 5.69 Å². The number of hydrogen-bond acceptors (Lipinski definition) is 5. The molecule has 0 saturated carbocycles. The molecular formula is C29H24N4O2. The third-order valence-corrected chi connectivity index (χ3v) is 5.88. The molecule has 0 radical (unpaired) electrons. The number of hydrogen-bond donors (Lipinski definition) is 2. The van der Waals surface area contributed by atoms with E-state index in [0.717, 1.165) is 28.9 Å². The summed E-state index contributed by atoms with van der Waals surface area (Å²) >= 11 is 0. The van der Waals surface area contributed by atoms with E-state index >= 15 is 0 Å². The summed E-state index contributed by atoms with van der Waals surface area (Å²) in [6.07, 6.45) is 2.53. The van der Waals surface area contributed by atoms with E-state index in [1.54, 1.807) is 30.5 Å². The van der Waals surface area contributed by atoms with Crippen LogP contribution in [0, 0.1) is 0 Å². The second kappa shape index (κ2) is 10.1. The highest BCUT2D eigenvalue weighted by Gasteiger charge is 2.29. The zero-order valence-electron chi connectivity index (χ0n) is 19.0. The van der Waals surface area contributed by atoms with Crippen molar-refractivity contribution in [2.45, 2.75) is 12.5 Å². The molecule has 0 saturated heterocycles. The van der Waals surface area contributed by atoms with Gasteiger partial charge in [-0.15, -0.1) is 0 Å². The van der Waals surface area contributed by atoms with E-state index < -0.39 is 5.97 Å². The molecule has 6 heteroatoms. The number of rotatable bonds is 7. The van der Waals surface area contributed by atoms with Gasteiger partial charge in [0.1, 0.15) is 0 Å².